The zero-order valence-electron chi connectivity index (χ0n) is 16.6. The molecule has 7 heteroatoms. The Morgan fingerprint density at radius 1 is 1.10 bits per heavy atom. The quantitative estimate of drug-likeness (QED) is 0.494. The number of aromatic nitrogens is 3. The molecule has 2 aromatic heterocycles. The van der Waals surface area contributed by atoms with Crippen LogP contribution in [-0.4, -0.2) is 27.6 Å². The van der Waals surface area contributed by atoms with Crippen LogP contribution in [0.3, 0.4) is 0 Å². The Morgan fingerprint density at radius 3 is 2.77 bits per heavy atom. The second-order valence-corrected chi connectivity index (χ2v) is 7.15. The molecule has 0 aliphatic rings. The Labute approximate surface area is 173 Å². The number of fused-ring (bicyclic) bond motifs is 1. The van der Waals surface area contributed by atoms with Gasteiger partial charge in [-0.15, -0.1) is 0 Å². The number of rotatable bonds is 7. The Hall–Kier alpha value is -3.74. The van der Waals surface area contributed by atoms with Crippen molar-refractivity contribution in [2.45, 2.75) is 26.2 Å². The van der Waals surface area contributed by atoms with Gasteiger partial charge in [0.2, 0.25) is 17.6 Å². The van der Waals surface area contributed by atoms with E-state index in [0.29, 0.717) is 24.4 Å². The lowest BCUT2D eigenvalue weighted by Crippen LogP contribution is -2.25. The van der Waals surface area contributed by atoms with Crippen molar-refractivity contribution in [1.82, 2.24) is 20.4 Å². The highest BCUT2D eigenvalue weighted by Crippen LogP contribution is 2.19. The maximum atomic E-state index is 12.5. The highest BCUT2D eigenvalue weighted by molar-refractivity contribution is 5.84. The molecule has 1 amide bonds. The number of aromatic amines is 1. The van der Waals surface area contributed by atoms with Crippen LogP contribution in [0.2, 0.25) is 0 Å². The predicted octanol–water partition coefficient (Wildman–Crippen LogP) is 3.18. The van der Waals surface area contributed by atoms with Crippen molar-refractivity contribution < 1.29 is 9.32 Å². The Morgan fingerprint density at radius 2 is 1.93 bits per heavy atom. The molecule has 0 radical (unpaired) electrons. The fourth-order valence-corrected chi connectivity index (χ4v) is 3.32. The SMILES string of the molecule is Cc1cccc2cc(-c3noc(CCC(=O)NCCc4ccccc4)n3)c(=O)[nH]c12. The smallest absolute Gasteiger partial charge is 0.259 e. The fraction of sp³-hybridized carbons (Fsp3) is 0.217. The molecule has 7 nitrogen and oxygen atoms in total. The second-order valence-electron chi connectivity index (χ2n) is 7.15. The highest BCUT2D eigenvalue weighted by Gasteiger charge is 2.14. The number of H-pyrrole nitrogens is 1. The molecule has 0 aliphatic carbocycles. The van der Waals surface area contributed by atoms with Crippen LogP contribution >= 0.6 is 0 Å². The van der Waals surface area contributed by atoms with Crippen molar-refractivity contribution in [3.63, 3.8) is 0 Å². The van der Waals surface area contributed by atoms with Crippen LogP contribution in [0.4, 0.5) is 0 Å². The van der Waals surface area contributed by atoms with E-state index in [4.69, 9.17) is 4.52 Å². The third kappa shape index (κ3) is 4.46. The zero-order valence-corrected chi connectivity index (χ0v) is 16.6. The van der Waals surface area contributed by atoms with Crippen LogP contribution in [0.5, 0.6) is 0 Å². The van der Waals surface area contributed by atoms with E-state index >= 15 is 0 Å². The molecule has 0 aliphatic heterocycles. The summed E-state index contributed by atoms with van der Waals surface area (Å²) in [5, 5.41) is 7.71. The van der Waals surface area contributed by atoms with E-state index < -0.39 is 0 Å². The maximum Gasteiger partial charge on any atom is 0.259 e. The van der Waals surface area contributed by atoms with E-state index in [1.807, 2.05) is 55.5 Å². The molecule has 0 saturated heterocycles. The number of nitrogens with one attached hydrogen (secondary N) is 2. The third-order valence-corrected chi connectivity index (χ3v) is 4.94. The van der Waals surface area contributed by atoms with Gasteiger partial charge >= 0.3 is 0 Å². The molecule has 0 atom stereocenters. The van der Waals surface area contributed by atoms with Crippen molar-refractivity contribution in [2.75, 3.05) is 6.54 Å². The summed E-state index contributed by atoms with van der Waals surface area (Å²) in [6, 6.07) is 17.5. The molecular weight excluding hydrogens is 380 g/mol. The van der Waals surface area contributed by atoms with Crippen LogP contribution in [0.25, 0.3) is 22.3 Å². The number of amides is 1. The summed E-state index contributed by atoms with van der Waals surface area (Å²) >= 11 is 0. The molecule has 0 saturated carbocycles. The molecule has 30 heavy (non-hydrogen) atoms. The molecule has 0 unspecified atom stereocenters. The van der Waals surface area contributed by atoms with Gasteiger partial charge in [0.1, 0.15) is 0 Å². The van der Waals surface area contributed by atoms with Crippen molar-refractivity contribution in [2.24, 2.45) is 0 Å². The van der Waals surface area contributed by atoms with E-state index in [0.717, 1.165) is 22.9 Å². The van der Waals surface area contributed by atoms with Gasteiger partial charge in [0.25, 0.3) is 5.56 Å². The summed E-state index contributed by atoms with van der Waals surface area (Å²) in [6.45, 7) is 2.51. The summed E-state index contributed by atoms with van der Waals surface area (Å²) < 4.78 is 5.24. The van der Waals surface area contributed by atoms with E-state index in [1.54, 1.807) is 6.07 Å². The molecule has 2 aromatic carbocycles. The number of carbonyl (C=O) groups excluding carboxylic acids is 1. The Bertz CT molecular complexity index is 1230. The lowest BCUT2D eigenvalue weighted by molar-refractivity contribution is -0.121. The van der Waals surface area contributed by atoms with Gasteiger partial charge in [-0.3, -0.25) is 9.59 Å². The van der Waals surface area contributed by atoms with Crippen LogP contribution in [0.15, 0.2) is 63.9 Å². The number of hydrogen-bond acceptors (Lipinski definition) is 5. The number of nitrogens with zero attached hydrogens (tertiary/aromatic N) is 2. The average Bonchev–Trinajstić information content (AvgIpc) is 3.22. The van der Waals surface area contributed by atoms with Crippen molar-refractivity contribution in [3.05, 3.63) is 82.0 Å². The van der Waals surface area contributed by atoms with Crippen LogP contribution in [0.1, 0.15) is 23.4 Å². The molecule has 0 fully saturated rings. The van der Waals surface area contributed by atoms with Gasteiger partial charge in [-0.2, -0.15) is 4.98 Å². The summed E-state index contributed by atoms with van der Waals surface area (Å²) in [6.07, 6.45) is 1.33. The van der Waals surface area contributed by atoms with E-state index in [2.05, 4.69) is 20.4 Å². The molecular formula is C23H22N4O3. The molecule has 0 bridgehead atoms. The van der Waals surface area contributed by atoms with Crippen LogP contribution < -0.4 is 10.9 Å². The minimum Gasteiger partial charge on any atom is -0.356 e. The summed E-state index contributed by atoms with van der Waals surface area (Å²) in [5.74, 6) is 0.468. The van der Waals surface area contributed by atoms with Gasteiger partial charge in [0.15, 0.2) is 0 Å². The van der Waals surface area contributed by atoms with Gasteiger partial charge in [0, 0.05) is 19.4 Å². The molecule has 0 spiro atoms. The summed E-state index contributed by atoms with van der Waals surface area (Å²) in [5.41, 5.74) is 3.03. The minimum absolute atomic E-state index is 0.0790. The number of pyridine rings is 1. The first kappa shape index (κ1) is 19.6. The van der Waals surface area contributed by atoms with Gasteiger partial charge in [-0.1, -0.05) is 53.7 Å². The monoisotopic (exact) mass is 402 g/mol. The first-order valence-corrected chi connectivity index (χ1v) is 9.86. The standard InChI is InChI=1S/C23H22N4O3/c1-15-6-5-9-17-14-18(23(29)26-21(15)17)22-25-20(30-27-22)11-10-19(28)24-13-12-16-7-3-2-4-8-16/h2-9,14H,10-13H2,1H3,(H,24,28)(H,26,29). The van der Waals surface area contributed by atoms with Crippen molar-refractivity contribution in [1.29, 1.82) is 0 Å². The van der Waals surface area contributed by atoms with Crippen LogP contribution in [0, 0.1) is 6.92 Å². The van der Waals surface area contributed by atoms with Gasteiger partial charge < -0.3 is 14.8 Å². The molecule has 152 valence electrons. The summed E-state index contributed by atoms with van der Waals surface area (Å²) in [7, 11) is 0. The maximum absolute atomic E-state index is 12.5. The number of aryl methyl sites for hydroxylation is 2. The van der Waals surface area contributed by atoms with Gasteiger partial charge in [0.05, 0.1) is 11.1 Å². The van der Waals surface area contributed by atoms with Gasteiger partial charge in [-0.25, -0.2) is 0 Å². The Kier molecular flexibility index (Phi) is 5.70. The normalized spacial score (nSPS) is 11.0. The molecule has 2 N–H and O–H groups in total. The fourth-order valence-electron chi connectivity index (χ4n) is 3.32. The summed E-state index contributed by atoms with van der Waals surface area (Å²) in [4.78, 5) is 31.7. The number of benzene rings is 2. The largest absolute Gasteiger partial charge is 0.356 e. The topological polar surface area (TPSA) is 101 Å². The number of para-hydroxylation sites is 1. The number of hydrogen-bond donors (Lipinski definition) is 2. The average molecular weight is 402 g/mol. The predicted molar refractivity (Wildman–Crippen MR) is 114 cm³/mol. The molecule has 2 heterocycles. The van der Waals surface area contributed by atoms with Gasteiger partial charge in [-0.05, 0) is 35.9 Å². The molecule has 4 rings (SSSR count). The first-order chi connectivity index (χ1) is 14.6. The van der Waals surface area contributed by atoms with E-state index in [9.17, 15) is 9.59 Å². The molecule has 4 aromatic rings. The zero-order chi connectivity index (χ0) is 20.9. The lowest BCUT2D eigenvalue weighted by Gasteiger charge is -2.04. The minimum atomic E-state index is -0.275. The first-order valence-electron chi connectivity index (χ1n) is 9.86. The Balaban J connectivity index is 1.36. The highest BCUT2D eigenvalue weighted by atomic mass is 16.5. The van der Waals surface area contributed by atoms with Crippen molar-refractivity contribution >= 4 is 16.8 Å². The third-order valence-electron chi connectivity index (χ3n) is 4.94. The van der Waals surface area contributed by atoms with Crippen LogP contribution in [-0.2, 0) is 17.6 Å². The lowest BCUT2D eigenvalue weighted by atomic mass is 10.1. The van der Waals surface area contributed by atoms with Crippen molar-refractivity contribution in [3.8, 4) is 11.4 Å². The second kappa shape index (κ2) is 8.73. The van der Waals surface area contributed by atoms with E-state index in [1.165, 1.54) is 5.56 Å². The number of carbonyl (C=O) groups is 1. The van der Waals surface area contributed by atoms with E-state index in [-0.39, 0.29) is 23.7 Å².